The SMILES string of the molecule is CCCCN(CCCC)Cn1cncn1. The summed E-state index contributed by atoms with van der Waals surface area (Å²) >= 11 is 0. The Bertz CT molecular complexity index is 225. The van der Waals surface area contributed by atoms with Gasteiger partial charge in [-0.3, -0.25) is 4.90 Å². The second-order valence-corrected chi connectivity index (χ2v) is 3.90. The van der Waals surface area contributed by atoms with Crippen LogP contribution in [-0.4, -0.2) is 32.8 Å². The molecule has 4 nitrogen and oxygen atoms in total. The molecule has 0 aliphatic rings. The van der Waals surface area contributed by atoms with Crippen LogP contribution in [0, 0.1) is 0 Å². The maximum absolute atomic E-state index is 4.14. The van der Waals surface area contributed by atoms with E-state index in [-0.39, 0.29) is 0 Å². The molecule has 0 saturated heterocycles. The van der Waals surface area contributed by atoms with E-state index in [0.717, 1.165) is 19.8 Å². The molecule has 1 heterocycles. The van der Waals surface area contributed by atoms with Crippen LogP contribution in [0.1, 0.15) is 39.5 Å². The molecule has 1 aromatic rings. The minimum atomic E-state index is 0.875. The van der Waals surface area contributed by atoms with Gasteiger partial charge in [-0.05, 0) is 25.9 Å². The predicted molar refractivity (Wildman–Crippen MR) is 61.4 cm³/mol. The Morgan fingerprint density at radius 3 is 2.27 bits per heavy atom. The van der Waals surface area contributed by atoms with Gasteiger partial charge in [0.1, 0.15) is 12.7 Å². The standard InChI is InChI=1S/C11H22N4/c1-3-5-7-14(8-6-4-2)11-15-10-12-9-13-15/h9-10H,3-8,11H2,1-2H3. The highest BCUT2D eigenvalue weighted by molar-refractivity contribution is 4.59. The molecule has 0 amide bonds. The molecule has 0 spiro atoms. The van der Waals surface area contributed by atoms with E-state index in [1.165, 1.54) is 25.7 Å². The van der Waals surface area contributed by atoms with Gasteiger partial charge in [-0.25, -0.2) is 9.67 Å². The summed E-state index contributed by atoms with van der Waals surface area (Å²) in [4.78, 5) is 6.41. The van der Waals surface area contributed by atoms with Gasteiger partial charge in [-0.1, -0.05) is 26.7 Å². The van der Waals surface area contributed by atoms with Crippen molar-refractivity contribution in [2.45, 2.75) is 46.2 Å². The lowest BCUT2D eigenvalue weighted by molar-refractivity contribution is 0.201. The minimum absolute atomic E-state index is 0.875. The molecule has 4 heteroatoms. The summed E-state index contributed by atoms with van der Waals surface area (Å²) in [7, 11) is 0. The van der Waals surface area contributed by atoms with Gasteiger partial charge in [0, 0.05) is 0 Å². The Hall–Kier alpha value is -0.900. The molecule has 0 atom stereocenters. The molecule has 86 valence electrons. The second-order valence-electron chi connectivity index (χ2n) is 3.90. The van der Waals surface area contributed by atoms with Crippen LogP contribution >= 0.6 is 0 Å². The van der Waals surface area contributed by atoms with Crippen molar-refractivity contribution < 1.29 is 0 Å². The number of unbranched alkanes of at least 4 members (excludes halogenated alkanes) is 2. The molecular formula is C11H22N4. The summed E-state index contributed by atoms with van der Waals surface area (Å²) in [5.74, 6) is 0. The number of hydrogen-bond donors (Lipinski definition) is 0. The minimum Gasteiger partial charge on any atom is -0.284 e. The van der Waals surface area contributed by atoms with Crippen molar-refractivity contribution in [2.75, 3.05) is 13.1 Å². The fourth-order valence-electron chi connectivity index (χ4n) is 1.53. The molecule has 15 heavy (non-hydrogen) atoms. The summed E-state index contributed by atoms with van der Waals surface area (Å²) < 4.78 is 1.89. The zero-order valence-electron chi connectivity index (χ0n) is 9.89. The largest absolute Gasteiger partial charge is 0.284 e. The Morgan fingerprint density at radius 2 is 1.80 bits per heavy atom. The lowest BCUT2D eigenvalue weighted by atomic mass is 10.3. The smallest absolute Gasteiger partial charge is 0.137 e. The van der Waals surface area contributed by atoms with Crippen molar-refractivity contribution in [3.8, 4) is 0 Å². The Balaban J connectivity index is 2.33. The maximum Gasteiger partial charge on any atom is 0.137 e. The molecule has 0 radical (unpaired) electrons. The first kappa shape index (κ1) is 12.2. The molecule has 1 aromatic heterocycles. The first-order valence-corrected chi connectivity index (χ1v) is 5.91. The van der Waals surface area contributed by atoms with Gasteiger partial charge in [-0.15, -0.1) is 0 Å². The third-order valence-electron chi connectivity index (χ3n) is 2.47. The molecule has 0 saturated carbocycles. The van der Waals surface area contributed by atoms with Crippen molar-refractivity contribution in [1.29, 1.82) is 0 Å². The Kier molecular flexibility index (Phi) is 6.00. The van der Waals surface area contributed by atoms with E-state index in [4.69, 9.17) is 0 Å². The summed E-state index contributed by atoms with van der Waals surface area (Å²) in [6.07, 6.45) is 8.40. The fourth-order valence-corrected chi connectivity index (χ4v) is 1.53. The second kappa shape index (κ2) is 7.40. The van der Waals surface area contributed by atoms with Crippen LogP contribution in [0.25, 0.3) is 0 Å². The zero-order valence-corrected chi connectivity index (χ0v) is 9.89. The van der Waals surface area contributed by atoms with Crippen LogP contribution in [0.4, 0.5) is 0 Å². The average molecular weight is 210 g/mol. The van der Waals surface area contributed by atoms with Crippen LogP contribution in [0.2, 0.25) is 0 Å². The van der Waals surface area contributed by atoms with Crippen molar-refractivity contribution in [2.24, 2.45) is 0 Å². The van der Waals surface area contributed by atoms with Gasteiger partial charge in [0.05, 0.1) is 6.67 Å². The lowest BCUT2D eigenvalue weighted by Gasteiger charge is -2.21. The van der Waals surface area contributed by atoms with E-state index in [1.54, 1.807) is 12.7 Å². The van der Waals surface area contributed by atoms with Crippen LogP contribution in [0.15, 0.2) is 12.7 Å². The van der Waals surface area contributed by atoms with Crippen LogP contribution in [0.3, 0.4) is 0 Å². The highest BCUT2D eigenvalue weighted by Crippen LogP contribution is 2.00. The van der Waals surface area contributed by atoms with E-state index in [0.29, 0.717) is 0 Å². The summed E-state index contributed by atoms with van der Waals surface area (Å²) in [6.45, 7) is 7.66. The number of nitrogens with zero attached hydrogens (tertiary/aromatic N) is 4. The maximum atomic E-state index is 4.14. The summed E-state index contributed by atoms with van der Waals surface area (Å²) in [5.41, 5.74) is 0. The molecule has 0 fully saturated rings. The first-order chi connectivity index (χ1) is 7.36. The topological polar surface area (TPSA) is 34.0 Å². The molecule has 0 unspecified atom stereocenters. The Morgan fingerprint density at radius 1 is 1.13 bits per heavy atom. The molecule has 0 aliphatic carbocycles. The van der Waals surface area contributed by atoms with Crippen LogP contribution in [-0.2, 0) is 6.67 Å². The summed E-state index contributed by atoms with van der Waals surface area (Å²) in [5, 5.41) is 4.14. The number of aromatic nitrogens is 3. The Labute approximate surface area is 92.3 Å². The normalized spacial score (nSPS) is 11.1. The quantitative estimate of drug-likeness (QED) is 0.659. The van der Waals surface area contributed by atoms with Gasteiger partial charge in [-0.2, -0.15) is 5.10 Å². The predicted octanol–water partition coefficient (Wildman–Crippen LogP) is 2.14. The third-order valence-corrected chi connectivity index (χ3v) is 2.47. The molecule has 0 bridgehead atoms. The average Bonchev–Trinajstić information content (AvgIpc) is 2.74. The third kappa shape index (κ3) is 4.93. The molecule has 0 aromatic carbocycles. The van der Waals surface area contributed by atoms with Crippen LogP contribution in [0.5, 0.6) is 0 Å². The van der Waals surface area contributed by atoms with Crippen molar-refractivity contribution >= 4 is 0 Å². The van der Waals surface area contributed by atoms with E-state index in [1.807, 2.05) is 4.68 Å². The van der Waals surface area contributed by atoms with Gasteiger partial charge >= 0.3 is 0 Å². The van der Waals surface area contributed by atoms with Gasteiger partial charge in [0.2, 0.25) is 0 Å². The van der Waals surface area contributed by atoms with Crippen molar-refractivity contribution in [3.63, 3.8) is 0 Å². The van der Waals surface area contributed by atoms with E-state index >= 15 is 0 Å². The monoisotopic (exact) mass is 210 g/mol. The van der Waals surface area contributed by atoms with Crippen LogP contribution < -0.4 is 0 Å². The van der Waals surface area contributed by atoms with E-state index < -0.39 is 0 Å². The molecule has 1 rings (SSSR count). The highest BCUT2D eigenvalue weighted by Gasteiger charge is 2.04. The fraction of sp³-hybridized carbons (Fsp3) is 0.818. The molecule has 0 N–H and O–H groups in total. The van der Waals surface area contributed by atoms with E-state index in [2.05, 4.69) is 28.8 Å². The van der Waals surface area contributed by atoms with Crippen molar-refractivity contribution in [3.05, 3.63) is 12.7 Å². The number of rotatable bonds is 8. The summed E-state index contributed by atoms with van der Waals surface area (Å²) in [6, 6.07) is 0. The van der Waals surface area contributed by atoms with Crippen molar-refractivity contribution in [1.82, 2.24) is 19.7 Å². The zero-order chi connectivity index (χ0) is 10.9. The lowest BCUT2D eigenvalue weighted by Crippen LogP contribution is -2.28. The highest BCUT2D eigenvalue weighted by atomic mass is 15.4. The number of hydrogen-bond acceptors (Lipinski definition) is 3. The van der Waals surface area contributed by atoms with E-state index in [9.17, 15) is 0 Å². The van der Waals surface area contributed by atoms with Gasteiger partial charge in [0.25, 0.3) is 0 Å². The van der Waals surface area contributed by atoms with Gasteiger partial charge in [0.15, 0.2) is 0 Å². The first-order valence-electron chi connectivity index (χ1n) is 5.91. The molecule has 0 aliphatic heterocycles. The molecular weight excluding hydrogens is 188 g/mol. The van der Waals surface area contributed by atoms with Gasteiger partial charge < -0.3 is 0 Å².